The summed E-state index contributed by atoms with van der Waals surface area (Å²) in [5.41, 5.74) is 1.01. The topological polar surface area (TPSA) is 70.7 Å². The molecule has 1 fully saturated rings. The second kappa shape index (κ2) is 8.77. The van der Waals surface area contributed by atoms with Crippen LogP contribution in [0.1, 0.15) is 18.4 Å². The molecule has 1 aromatic rings. The van der Waals surface area contributed by atoms with E-state index in [1.165, 1.54) is 6.07 Å². The number of alkyl halides is 3. The lowest BCUT2D eigenvalue weighted by molar-refractivity contribution is -0.153. The van der Waals surface area contributed by atoms with Gasteiger partial charge in [-0.3, -0.25) is 9.59 Å². The molecule has 0 bridgehead atoms. The third-order valence-corrected chi connectivity index (χ3v) is 3.86. The van der Waals surface area contributed by atoms with Crippen LogP contribution < -0.4 is 15.4 Å². The molecule has 0 saturated carbocycles. The van der Waals surface area contributed by atoms with Crippen molar-refractivity contribution in [2.75, 3.05) is 38.1 Å². The van der Waals surface area contributed by atoms with Gasteiger partial charge in [0.1, 0.15) is 5.75 Å². The zero-order chi connectivity index (χ0) is 19.2. The van der Waals surface area contributed by atoms with Crippen molar-refractivity contribution in [3.63, 3.8) is 0 Å². The molecular formula is C17H22F3N3O3. The first-order chi connectivity index (χ1) is 12.2. The van der Waals surface area contributed by atoms with Crippen LogP contribution in [0.25, 0.3) is 0 Å². The molecular weight excluding hydrogens is 351 g/mol. The molecule has 144 valence electrons. The highest BCUT2D eigenvalue weighted by molar-refractivity contribution is 5.87. The number of nitrogens with one attached hydrogen (secondary N) is 2. The SMILES string of the molecule is Cc1ccc(NCC(=O)NCC(=O)N2CCCC2)c(OCC(F)(F)F)c1. The van der Waals surface area contributed by atoms with Gasteiger partial charge < -0.3 is 20.3 Å². The molecule has 0 spiro atoms. The summed E-state index contributed by atoms with van der Waals surface area (Å²) in [6.45, 7) is 1.44. The number of halogens is 3. The van der Waals surface area contributed by atoms with Crippen molar-refractivity contribution >= 4 is 17.5 Å². The summed E-state index contributed by atoms with van der Waals surface area (Å²) in [6, 6.07) is 4.70. The maximum absolute atomic E-state index is 12.3. The average Bonchev–Trinajstić information content (AvgIpc) is 3.11. The van der Waals surface area contributed by atoms with E-state index in [1.54, 1.807) is 24.0 Å². The van der Waals surface area contributed by atoms with Crippen molar-refractivity contribution in [3.05, 3.63) is 23.8 Å². The zero-order valence-corrected chi connectivity index (χ0v) is 14.5. The van der Waals surface area contributed by atoms with Crippen molar-refractivity contribution < 1.29 is 27.5 Å². The maximum Gasteiger partial charge on any atom is 0.422 e. The number of benzene rings is 1. The van der Waals surface area contributed by atoms with Crippen molar-refractivity contribution in [1.82, 2.24) is 10.2 Å². The molecule has 1 aliphatic heterocycles. The van der Waals surface area contributed by atoms with Crippen LogP contribution in [0.5, 0.6) is 5.75 Å². The molecule has 0 atom stereocenters. The van der Waals surface area contributed by atoms with Crippen LogP contribution in [0.2, 0.25) is 0 Å². The first kappa shape index (κ1) is 19.9. The van der Waals surface area contributed by atoms with Crippen LogP contribution >= 0.6 is 0 Å². The molecule has 0 unspecified atom stereocenters. The average molecular weight is 373 g/mol. The largest absolute Gasteiger partial charge is 0.482 e. The minimum atomic E-state index is -4.45. The van der Waals surface area contributed by atoms with Crippen LogP contribution in [0.4, 0.5) is 18.9 Å². The molecule has 1 aliphatic rings. The molecule has 1 saturated heterocycles. The predicted octanol–water partition coefficient (Wildman–Crippen LogP) is 2.09. The number of aryl methyl sites for hydroxylation is 1. The highest BCUT2D eigenvalue weighted by Gasteiger charge is 2.29. The lowest BCUT2D eigenvalue weighted by atomic mass is 10.2. The van der Waals surface area contributed by atoms with Crippen LogP contribution in [0.15, 0.2) is 18.2 Å². The molecule has 1 heterocycles. The number of nitrogens with zero attached hydrogens (tertiary/aromatic N) is 1. The number of carbonyl (C=O) groups excluding carboxylic acids is 2. The Bertz CT molecular complexity index is 644. The second-order valence-electron chi connectivity index (χ2n) is 6.12. The van der Waals surface area contributed by atoms with E-state index in [4.69, 9.17) is 4.74 Å². The molecule has 6 nitrogen and oxygen atoms in total. The molecule has 0 aliphatic carbocycles. The highest BCUT2D eigenvalue weighted by atomic mass is 19.4. The third kappa shape index (κ3) is 6.45. The summed E-state index contributed by atoms with van der Waals surface area (Å²) in [6.07, 6.45) is -2.51. The standard InChI is InChI=1S/C17H22F3N3O3/c1-12-4-5-13(14(8-12)26-11-17(18,19)20)21-9-15(24)22-10-16(25)23-6-2-3-7-23/h4-5,8,21H,2-3,6-7,9-11H2,1H3,(H,22,24). The minimum absolute atomic E-state index is 0.0169. The van der Waals surface area contributed by atoms with Gasteiger partial charge in [-0.1, -0.05) is 6.07 Å². The van der Waals surface area contributed by atoms with Crippen LogP contribution in [0, 0.1) is 6.92 Å². The van der Waals surface area contributed by atoms with E-state index in [1.807, 2.05) is 0 Å². The Labute approximate surface area is 149 Å². The van der Waals surface area contributed by atoms with Crippen molar-refractivity contribution in [2.24, 2.45) is 0 Å². The summed E-state index contributed by atoms with van der Waals surface area (Å²) in [5, 5.41) is 5.24. The van der Waals surface area contributed by atoms with Gasteiger partial charge in [0.25, 0.3) is 0 Å². The summed E-state index contributed by atoms with van der Waals surface area (Å²) < 4.78 is 41.8. The quantitative estimate of drug-likeness (QED) is 0.768. The number of hydrogen-bond donors (Lipinski definition) is 2. The number of ether oxygens (including phenoxy) is 1. The Balaban J connectivity index is 1.83. The Morgan fingerprint density at radius 2 is 1.88 bits per heavy atom. The van der Waals surface area contributed by atoms with Gasteiger partial charge in [-0.2, -0.15) is 13.2 Å². The van der Waals surface area contributed by atoms with Crippen LogP contribution in [-0.2, 0) is 9.59 Å². The minimum Gasteiger partial charge on any atom is -0.482 e. The van der Waals surface area contributed by atoms with Gasteiger partial charge in [-0.15, -0.1) is 0 Å². The number of hydrogen-bond acceptors (Lipinski definition) is 4. The number of likely N-dealkylation sites (tertiary alicyclic amines) is 1. The Morgan fingerprint density at radius 3 is 2.54 bits per heavy atom. The van der Waals surface area contributed by atoms with Crippen molar-refractivity contribution in [3.8, 4) is 5.75 Å². The summed E-state index contributed by atoms with van der Waals surface area (Å²) in [7, 11) is 0. The number of rotatable bonds is 7. The fourth-order valence-corrected chi connectivity index (χ4v) is 2.55. The fraction of sp³-hybridized carbons (Fsp3) is 0.529. The molecule has 1 aromatic carbocycles. The van der Waals surface area contributed by atoms with E-state index in [0.717, 1.165) is 18.4 Å². The van der Waals surface area contributed by atoms with Crippen molar-refractivity contribution in [2.45, 2.75) is 25.9 Å². The normalized spacial score (nSPS) is 14.2. The Morgan fingerprint density at radius 1 is 1.19 bits per heavy atom. The van der Waals surface area contributed by atoms with Gasteiger partial charge in [0.2, 0.25) is 11.8 Å². The lowest BCUT2D eigenvalue weighted by Crippen LogP contribution is -2.40. The molecule has 2 N–H and O–H groups in total. The molecule has 0 aromatic heterocycles. The zero-order valence-electron chi connectivity index (χ0n) is 14.5. The molecule has 2 rings (SSSR count). The van der Waals surface area contributed by atoms with E-state index < -0.39 is 18.7 Å². The molecule has 0 radical (unpaired) electrons. The van der Waals surface area contributed by atoms with E-state index in [0.29, 0.717) is 13.1 Å². The van der Waals surface area contributed by atoms with Crippen LogP contribution in [0.3, 0.4) is 0 Å². The number of amides is 2. The van der Waals surface area contributed by atoms with E-state index >= 15 is 0 Å². The van der Waals surface area contributed by atoms with Crippen LogP contribution in [-0.4, -0.2) is 55.7 Å². The van der Waals surface area contributed by atoms with Gasteiger partial charge in [0.15, 0.2) is 6.61 Å². The molecule has 2 amide bonds. The number of anilines is 1. The Hall–Kier alpha value is -2.45. The smallest absolute Gasteiger partial charge is 0.422 e. The van der Waals surface area contributed by atoms with Gasteiger partial charge in [0.05, 0.1) is 18.8 Å². The first-order valence-electron chi connectivity index (χ1n) is 8.33. The first-order valence-corrected chi connectivity index (χ1v) is 8.33. The van der Waals surface area contributed by atoms with Gasteiger partial charge >= 0.3 is 6.18 Å². The van der Waals surface area contributed by atoms with Gasteiger partial charge in [-0.05, 0) is 37.5 Å². The highest BCUT2D eigenvalue weighted by Crippen LogP contribution is 2.27. The summed E-state index contributed by atoms with van der Waals surface area (Å²) >= 11 is 0. The summed E-state index contributed by atoms with van der Waals surface area (Å²) in [5.74, 6) is -0.552. The monoisotopic (exact) mass is 373 g/mol. The lowest BCUT2D eigenvalue weighted by Gasteiger charge is -2.17. The predicted molar refractivity (Wildman–Crippen MR) is 90.0 cm³/mol. The van der Waals surface area contributed by atoms with Gasteiger partial charge in [-0.25, -0.2) is 0 Å². The Kier molecular flexibility index (Phi) is 6.70. The third-order valence-electron chi connectivity index (χ3n) is 3.86. The second-order valence-corrected chi connectivity index (χ2v) is 6.12. The molecule has 9 heteroatoms. The van der Waals surface area contributed by atoms with Gasteiger partial charge in [0, 0.05) is 13.1 Å². The van der Waals surface area contributed by atoms with E-state index in [-0.39, 0.29) is 30.4 Å². The number of carbonyl (C=O) groups is 2. The van der Waals surface area contributed by atoms with E-state index in [2.05, 4.69) is 10.6 Å². The van der Waals surface area contributed by atoms with E-state index in [9.17, 15) is 22.8 Å². The fourth-order valence-electron chi connectivity index (χ4n) is 2.55. The maximum atomic E-state index is 12.3. The molecule has 26 heavy (non-hydrogen) atoms. The summed E-state index contributed by atoms with van der Waals surface area (Å²) in [4.78, 5) is 25.4. The van der Waals surface area contributed by atoms with Crippen molar-refractivity contribution in [1.29, 1.82) is 0 Å².